The normalized spacial score (nSPS) is 16.7. The van der Waals surface area contributed by atoms with Crippen molar-refractivity contribution in [1.82, 2.24) is 10.6 Å². The summed E-state index contributed by atoms with van der Waals surface area (Å²) < 4.78 is 5.47. The molecule has 0 saturated heterocycles. The first kappa shape index (κ1) is 13.7. The van der Waals surface area contributed by atoms with Crippen LogP contribution in [0.2, 0.25) is 0 Å². The van der Waals surface area contributed by atoms with Crippen LogP contribution in [0.25, 0.3) is 0 Å². The van der Waals surface area contributed by atoms with E-state index < -0.39 is 0 Å². The summed E-state index contributed by atoms with van der Waals surface area (Å²) in [6.45, 7) is 6.65. The number of rotatable bonds is 6. The minimum absolute atomic E-state index is 0.594. The van der Waals surface area contributed by atoms with Crippen molar-refractivity contribution in [3.05, 3.63) is 0 Å². The van der Waals surface area contributed by atoms with E-state index in [9.17, 15) is 0 Å². The van der Waals surface area contributed by atoms with Crippen LogP contribution in [-0.2, 0) is 4.74 Å². The highest BCUT2D eigenvalue weighted by atomic mass is 32.1. The molecule has 0 radical (unpaired) electrons. The molecule has 0 aromatic heterocycles. The molecule has 94 valence electrons. The highest BCUT2D eigenvalue weighted by Gasteiger charge is 2.14. The maximum absolute atomic E-state index is 5.47. The maximum Gasteiger partial charge on any atom is 0.166 e. The standard InChI is InChI=1S/C12H24N2OS/c1-10(2)9-15-8-7-13-12(16)14-11-5-3-4-6-11/h10-11H,3-9H2,1-2H3,(H2,13,14,16). The van der Waals surface area contributed by atoms with Crippen LogP contribution in [-0.4, -0.2) is 30.9 Å². The van der Waals surface area contributed by atoms with Crippen LogP contribution >= 0.6 is 12.2 Å². The highest BCUT2D eigenvalue weighted by Crippen LogP contribution is 2.17. The molecule has 0 aromatic rings. The predicted octanol–water partition coefficient (Wildman–Crippen LogP) is 2.07. The molecule has 0 amide bonds. The summed E-state index contributed by atoms with van der Waals surface area (Å²) in [4.78, 5) is 0. The Hall–Kier alpha value is -0.350. The molecule has 0 spiro atoms. The Balaban J connectivity index is 1.93. The van der Waals surface area contributed by atoms with Gasteiger partial charge in [-0.3, -0.25) is 0 Å². The minimum atomic E-state index is 0.594. The second-order valence-electron chi connectivity index (χ2n) is 4.85. The lowest BCUT2D eigenvalue weighted by Crippen LogP contribution is -2.41. The minimum Gasteiger partial charge on any atom is -0.379 e. The van der Waals surface area contributed by atoms with E-state index in [0.29, 0.717) is 12.0 Å². The molecular formula is C12H24N2OS. The number of thiocarbonyl (C=S) groups is 1. The molecule has 0 heterocycles. The van der Waals surface area contributed by atoms with Gasteiger partial charge in [0.15, 0.2) is 5.11 Å². The fourth-order valence-electron chi connectivity index (χ4n) is 1.86. The number of hydrogen-bond acceptors (Lipinski definition) is 2. The molecule has 0 bridgehead atoms. The summed E-state index contributed by atoms with van der Waals surface area (Å²) in [6.07, 6.45) is 5.17. The Bertz CT molecular complexity index is 203. The fraction of sp³-hybridized carbons (Fsp3) is 0.917. The largest absolute Gasteiger partial charge is 0.379 e. The van der Waals surface area contributed by atoms with Crippen molar-refractivity contribution in [1.29, 1.82) is 0 Å². The van der Waals surface area contributed by atoms with Crippen molar-refractivity contribution in [2.24, 2.45) is 5.92 Å². The van der Waals surface area contributed by atoms with Crippen LogP contribution in [0.15, 0.2) is 0 Å². The van der Waals surface area contributed by atoms with Crippen molar-refractivity contribution in [3.63, 3.8) is 0 Å². The molecule has 1 rings (SSSR count). The third-order valence-corrected chi connectivity index (χ3v) is 2.94. The number of ether oxygens (including phenoxy) is 1. The second kappa shape index (κ2) is 7.85. The van der Waals surface area contributed by atoms with Crippen LogP contribution in [0.1, 0.15) is 39.5 Å². The molecule has 1 aliphatic rings. The smallest absolute Gasteiger partial charge is 0.166 e. The van der Waals surface area contributed by atoms with Gasteiger partial charge < -0.3 is 15.4 Å². The SMILES string of the molecule is CC(C)COCCNC(=S)NC1CCCC1. The third-order valence-electron chi connectivity index (χ3n) is 2.67. The monoisotopic (exact) mass is 244 g/mol. The number of hydrogen-bond donors (Lipinski definition) is 2. The maximum atomic E-state index is 5.47. The Morgan fingerprint density at radius 2 is 2.06 bits per heavy atom. The van der Waals surface area contributed by atoms with Gasteiger partial charge in [-0.25, -0.2) is 0 Å². The van der Waals surface area contributed by atoms with E-state index in [0.717, 1.165) is 24.9 Å². The molecule has 2 N–H and O–H groups in total. The Morgan fingerprint density at radius 3 is 2.69 bits per heavy atom. The lowest BCUT2D eigenvalue weighted by molar-refractivity contribution is 0.114. The van der Waals surface area contributed by atoms with Gasteiger partial charge in [-0.15, -0.1) is 0 Å². The van der Waals surface area contributed by atoms with Crippen LogP contribution in [0.5, 0.6) is 0 Å². The van der Waals surface area contributed by atoms with Crippen molar-refractivity contribution >= 4 is 17.3 Å². The van der Waals surface area contributed by atoms with Gasteiger partial charge in [0.1, 0.15) is 0 Å². The molecule has 0 unspecified atom stereocenters. The number of nitrogens with one attached hydrogen (secondary N) is 2. The van der Waals surface area contributed by atoms with Crippen LogP contribution in [0, 0.1) is 5.92 Å². The highest BCUT2D eigenvalue weighted by molar-refractivity contribution is 7.80. The van der Waals surface area contributed by atoms with Gasteiger partial charge in [-0.1, -0.05) is 26.7 Å². The molecule has 4 heteroatoms. The summed E-state index contributed by atoms with van der Waals surface area (Å²) in [5.74, 6) is 0.601. The van der Waals surface area contributed by atoms with Gasteiger partial charge >= 0.3 is 0 Å². The summed E-state index contributed by atoms with van der Waals surface area (Å²) in [6, 6.07) is 0.594. The molecule has 1 saturated carbocycles. The molecule has 0 aliphatic heterocycles. The Morgan fingerprint density at radius 1 is 1.38 bits per heavy atom. The van der Waals surface area contributed by atoms with Gasteiger partial charge in [-0.05, 0) is 31.0 Å². The van der Waals surface area contributed by atoms with Gasteiger partial charge in [0, 0.05) is 19.2 Å². The molecule has 16 heavy (non-hydrogen) atoms. The van der Waals surface area contributed by atoms with Crippen molar-refractivity contribution in [2.75, 3.05) is 19.8 Å². The van der Waals surface area contributed by atoms with E-state index in [4.69, 9.17) is 17.0 Å². The summed E-state index contributed by atoms with van der Waals surface area (Å²) in [5.41, 5.74) is 0. The summed E-state index contributed by atoms with van der Waals surface area (Å²) in [5, 5.41) is 7.30. The Kier molecular flexibility index (Phi) is 6.73. The van der Waals surface area contributed by atoms with E-state index >= 15 is 0 Å². The van der Waals surface area contributed by atoms with Crippen molar-refractivity contribution < 1.29 is 4.74 Å². The van der Waals surface area contributed by atoms with Crippen LogP contribution < -0.4 is 10.6 Å². The topological polar surface area (TPSA) is 33.3 Å². The van der Waals surface area contributed by atoms with Crippen LogP contribution in [0.3, 0.4) is 0 Å². The molecule has 0 aromatic carbocycles. The quantitative estimate of drug-likeness (QED) is 0.553. The van der Waals surface area contributed by atoms with Crippen molar-refractivity contribution in [2.45, 2.75) is 45.6 Å². The van der Waals surface area contributed by atoms with Gasteiger partial charge in [0.05, 0.1) is 6.61 Å². The van der Waals surface area contributed by atoms with E-state index in [1.807, 2.05) is 0 Å². The summed E-state index contributed by atoms with van der Waals surface area (Å²) >= 11 is 5.21. The average molecular weight is 244 g/mol. The zero-order valence-electron chi connectivity index (χ0n) is 10.4. The molecule has 3 nitrogen and oxygen atoms in total. The van der Waals surface area contributed by atoms with E-state index in [2.05, 4.69) is 24.5 Å². The van der Waals surface area contributed by atoms with Crippen molar-refractivity contribution in [3.8, 4) is 0 Å². The fourth-order valence-corrected chi connectivity index (χ4v) is 2.13. The first-order valence-electron chi connectivity index (χ1n) is 6.30. The first-order chi connectivity index (χ1) is 7.68. The molecule has 1 fully saturated rings. The molecule has 0 atom stereocenters. The second-order valence-corrected chi connectivity index (χ2v) is 5.26. The zero-order valence-corrected chi connectivity index (χ0v) is 11.2. The average Bonchev–Trinajstić information content (AvgIpc) is 2.69. The Labute approximate surface area is 104 Å². The van der Waals surface area contributed by atoms with E-state index in [1.165, 1.54) is 25.7 Å². The molecule has 1 aliphatic carbocycles. The molecular weight excluding hydrogens is 220 g/mol. The van der Waals surface area contributed by atoms with Crippen LogP contribution in [0.4, 0.5) is 0 Å². The third kappa shape index (κ3) is 6.28. The zero-order chi connectivity index (χ0) is 11.8. The van der Waals surface area contributed by atoms with Gasteiger partial charge in [0.2, 0.25) is 0 Å². The lowest BCUT2D eigenvalue weighted by atomic mass is 10.2. The first-order valence-corrected chi connectivity index (χ1v) is 6.71. The van der Waals surface area contributed by atoms with E-state index in [1.54, 1.807) is 0 Å². The summed E-state index contributed by atoms with van der Waals surface area (Å²) in [7, 11) is 0. The lowest BCUT2D eigenvalue weighted by Gasteiger charge is -2.15. The van der Waals surface area contributed by atoms with E-state index in [-0.39, 0.29) is 0 Å². The van der Waals surface area contributed by atoms with Gasteiger partial charge in [0.25, 0.3) is 0 Å². The van der Waals surface area contributed by atoms with Gasteiger partial charge in [-0.2, -0.15) is 0 Å². The predicted molar refractivity (Wildman–Crippen MR) is 71.6 cm³/mol.